The van der Waals surface area contributed by atoms with Crippen LogP contribution in [0.1, 0.15) is 49.4 Å². The summed E-state index contributed by atoms with van der Waals surface area (Å²) in [6.07, 6.45) is 5.73. The van der Waals surface area contributed by atoms with Crippen molar-refractivity contribution in [1.82, 2.24) is 10.3 Å². The monoisotopic (exact) mass is 268 g/mol. The van der Waals surface area contributed by atoms with E-state index >= 15 is 0 Å². The van der Waals surface area contributed by atoms with Gasteiger partial charge in [-0.1, -0.05) is 32.6 Å². The maximum absolute atomic E-state index is 12.8. The van der Waals surface area contributed by atoms with Crippen molar-refractivity contribution >= 4 is 5.91 Å². The lowest BCUT2D eigenvalue weighted by atomic mass is 10.1. The number of nitrogens with one attached hydrogen (secondary N) is 1. The van der Waals surface area contributed by atoms with Crippen molar-refractivity contribution in [2.75, 3.05) is 6.54 Å². The van der Waals surface area contributed by atoms with E-state index in [-0.39, 0.29) is 12.1 Å². The van der Waals surface area contributed by atoms with Crippen LogP contribution in [0.3, 0.4) is 0 Å². The van der Waals surface area contributed by atoms with Gasteiger partial charge in [-0.3, -0.25) is 4.79 Å². The number of unbranched alkanes of at least 4 members (excludes halogenated alkanes) is 3. The number of hydrogen-bond acceptors (Lipinski definition) is 3. The van der Waals surface area contributed by atoms with Crippen LogP contribution in [0.4, 0.5) is 4.39 Å². The number of aliphatic hydroxyl groups excluding tert-OH is 1. The van der Waals surface area contributed by atoms with E-state index in [1.165, 1.54) is 12.3 Å². The van der Waals surface area contributed by atoms with Gasteiger partial charge >= 0.3 is 0 Å². The fourth-order valence-electron chi connectivity index (χ4n) is 1.77. The highest BCUT2D eigenvalue weighted by atomic mass is 19.1. The van der Waals surface area contributed by atoms with Gasteiger partial charge in [-0.05, 0) is 12.5 Å². The minimum absolute atomic E-state index is 0.189. The molecule has 106 valence electrons. The molecule has 1 heterocycles. The van der Waals surface area contributed by atoms with E-state index in [1.54, 1.807) is 0 Å². The van der Waals surface area contributed by atoms with Crippen molar-refractivity contribution in [2.24, 2.45) is 0 Å². The van der Waals surface area contributed by atoms with E-state index in [4.69, 9.17) is 0 Å². The zero-order valence-electron chi connectivity index (χ0n) is 11.2. The quantitative estimate of drug-likeness (QED) is 0.561. The first-order chi connectivity index (χ1) is 9.13. The molecule has 0 fully saturated rings. The van der Waals surface area contributed by atoms with Crippen molar-refractivity contribution in [3.63, 3.8) is 0 Å². The Hall–Kier alpha value is -1.49. The third-order valence-corrected chi connectivity index (χ3v) is 2.88. The van der Waals surface area contributed by atoms with Gasteiger partial charge in [-0.2, -0.15) is 4.39 Å². The van der Waals surface area contributed by atoms with Crippen molar-refractivity contribution in [3.8, 4) is 0 Å². The van der Waals surface area contributed by atoms with E-state index in [2.05, 4.69) is 17.2 Å². The summed E-state index contributed by atoms with van der Waals surface area (Å²) in [5.74, 6) is -1.08. The second-order valence-corrected chi connectivity index (χ2v) is 4.58. The molecule has 19 heavy (non-hydrogen) atoms. The Bertz CT molecular complexity index is 399. The van der Waals surface area contributed by atoms with Crippen LogP contribution in [0.5, 0.6) is 0 Å². The van der Waals surface area contributed by atoms with Crippen LogP contribution in [-0.4, -0.2) is 28.6 Å². The van der Waals surface area contributed by atoms with Gasteiger partial charge in [0.2, 0.25) is 5.95 Å². The number of carbonyl (C=O) groups is 1. The lowest BCUT2D eigenvalue weighted by Crippen LogP contribution is -2.32. The van der Waals surface area contributed by atoms with Crippen LogP contribution in [0.25, 0.3) is 0 Å². The molecular weight excluding hydrogens is 247 g/mol. The maximum Gasteiger partial charge on any atom is 0.251 e. The number of nitrogens with zero attached hydrogens (tertiary/aromatic N) is 1. The molecule has 0 radical (unpaired) electrons. The Balaban J connectivity index is 2.26. The van der Waals surface area contributed by atoms with Crippen LogP contribution < -0.4 is 5.32 Å². The van der Waals surface area contributed by atoms with Crippen LogP contribution in [0.15, 0.2) is 18.3 Å². The van der Waals surface area contributed by atoms with Gasteiger partial charge in [0.05, 0.1) is 6.10 Å². The number of halogens is 1. The highest BCUT2D eigenvalue weighted by Gasteiger charge is 2.09. The predicted molar refractivity (Wildman–Crippen MR) is 71.3 cm³/mol. The normalized spacial score (nSPS) is 12.2. The Morgan fingerprint density at radius 2 is 2.26 bits per heavy atom. The van der Waals surface area contributed by atoms with Crippen molar-refractivity contribution in [2.45, 2.75) is 45.1 Å². The molecule has 0 aliphatic heterocycles. The topological polar surface area (TPSA) is 62.2 Å². The maximum atomic E-state index is 12.8. The molecule has 5 heteroatoms. The largest absolute Gasteiger partial charge is 0.391 e. The first-order valence-corrected chi connectivity index (χ1v) is 6.71. The summed E-state index contributed by atoms with van der Waals surface area (Å²) in [5.41, 5.74) is 0.214. The number of aromatic nitrogens is 1. The first kappa shape index (κ1) is 15.6. The van der Waals surface area contributed by atoms with Gasteiger partial charge in [-0.25, -0.2) is 4.98 Å². The SMILES string of the molecule is CCCCCCC(O)CNC(=O)c1ccnc(F)c1. The molecule has 0 aliphatic rings. The van der Waals surface area contributed by atoms with Crippen LogP contribution in [-0.2, 0) is 0 Å². The molecule has 2 N–H and O–H groups in total. The first-order valence-electron chi connectivity index (χ1n) is 6.71. The lowest BCUT2D eigenvalue weighted by Gasteiger charge is -2.11. The summed E-state index contributed by atoms with van der Waals surface area (Å²) in [4.78, 5) is 15.0. The van der Waals surface area contributed by atoms with Crippen LogP contribution >= 0.6 is 0 Å². The van der Waals surface area contributed by atoms with E-state index in [0.29, 0.717) is 6.42 Å². The number of carbonyl (C=O) groups excluding carboxylic acids is 1. The number of rotatable bonds is 8. The van der Waals surface area contributed by atoms with Gasteiger partial charge in [0.25, 0.3) is 5.91 Å². The lowest BCUT2D eigenvalue weighted by molar-refractivity contribution is 0.0908. The summed E-state index contributed by atoms with van der Waals surface area (Å²) < 4.78 is 12.8. The molecule has 4 nitrogen and oxygen atoms in total. The number of pyridine rings is 1. The highest BCUT2D eigenvalue weighted by molar-refractivity contribution is 5.93. The average molecular weight is 268 g/mol. The van der Waals surface area contributed by atoms with Crippen molar-refractivity contribution < 1.29 is 14.3 Å². The fraction of sp³-hybridized carbons (Fsp3) is 0.571. The number of amides is 1. The highest BCUT2D eigenvalue weighted by Crippen LogP contribution is 2.05. The van der Waals surface area contributed by atoms with E-state index in [9.17, 15) is 14.3 Å². The molecular formula is C14H21FN2O2. The Kier molecular flexibility index (Phi) is 7.03. The minimum atomic E-state index is -0.687. The Labute approximate surface area is 113 Å². The third-order valence-electron chi connectivity index (χ3n) is 2.88. The van der Waals surface area contributed by atoms with Gasteiger partial charge in [0.1, 0.15) is 0 Å². The molecule has 1 aromatic rings. The van der Waals surface area contributed by atoms with Gasteiger partial charge < -0.3 is 10.4 Å². The van der Waals surface area contributed by atoms with Gasteiger partial charge in [0.15, 0.2) is 0 Å². The molecule has 0 aromatic carbocycles. The summed E-state index contributed by atoms with van der Waals surface area (Å²) in [7, 11) is 0. The molecule has 1 aromatic heterocycles. The Morgan fingerprint density at radius 1 is 1.47 bits per heavy atom. The summed E-state index contributed by atoms with van der Waals surface area (Å²) in [6.45, 7) is 2.32. The summed E-state index contributed by atoms with van der Waals surface area (Å²) in [5, 5.41) is 12.3. The molecule has 1 amide bonds. The zero-order valence-corrected chi connectivity index (χ0v) is 11.2. The van der Waals surface area contributed by atoms with Crippen LogP contribution in [0, 0.1) is 5.95 Å². The van der Waals surface area contributed by atoms with Gasteiger partial charge in [0, 0.05) is 24.4 Å². The molecule has 0 saturated carbocycles. The van der Waals surface area contributed by atoms with E-state index < -0.39 is 18.0 Å². The molecule has 0 spiro atoms. The summed E-state index contributed by atoms with van der Waals surface area (Å²) in [6, 6.07) is 2.51. The zero-order chi connectivity index (χ0) is 14.1. The Morgan fingerprint density at radius 3 is 2.95 bits per heavy atom. The average Bonchev–Trinajstić information content (AvgIpc) is 2.41. The smallest absolute Gasteiger partial charge is 0.251 e. The number of aliphatic hydroxyl groups is 1. The molecule has 1 atom stereocenters. The van der Waals surface area contributed by atoms with Crippen LogP contribution in [0.2, 0.25) is 0 Å². The molecule has 1 rings (SSSR count). The molecule has 1 unspecified atom stereocenters. The van der Waals surface area contributed by atoms with E-state index in [1.807, 2.05) is 0 Å². The summed E-state index contributed by atoms with van der Waals surface area (Å²) >= 11 is 0. The second kappa shape index (κ2) is 8.58. The molecule has 0 aliphatic carbocycles. The molecule has 0 bridgehead atoms. The predicted octanol–water partition coefficient (Wildman–Crippen LogP) is 2.28. The molecule has 0 saturated heterocycles. The van der Waals surface area contributed by atoms with Crippen molar-refractivity contribution in [3.05, 3.63) is 29.8 Å². The van der Waals surface area contributed by atoms with Crippen molar-refractivity contribution in [1.29, 1.82) is 0 Å². The van der Waals surface area contributed by atoms with E-state index in [0.717, 1.165) is 31.7 Å². The second-order valence-electron chi connectivity index (χ2n) is 4.58. The third kappa shape index (κ3) is 6.29. The number of hydrogen-bond donors (Lipinski definition) is 2. The fourth-order valence-corrected chi connectivity index (χ4v) is 1.77. The van der Waals surface area contributed by atoms with Gasteiger partial charge in [-0.15, -0.1) is 0 Å². The minimum Gasteiger partial charge on any atom is -0.391 e. The standard InChI is InChI=1S/C14H21FN2O2/c1-2-3-4-5-6-12(18)10-17-14(19)11-7-8-16-13(15)9-11/h7-9,12,18H,2-6,10H2,1H3,(H,17,19).